The Labute approximate surface area is 231 Å². The number of aliphatic imine (C=N–C) groups is 1. The highest BCUT2D eigenvalue weighted by molar-refractivity contribution is 14.1. The third-order valence-electron chi connectivity index (χ3n) is 7.05. The number of halogens is 1. The highest BCUT2D eigenvalue weighted by Crippen LogP contribution is 2.27. The molecular weight excluding hydrogens is 603 g/mol. The lowest BCUT2D eigenvalue weighted by molar-refractivity contribution is 0.0666. The molecule has 38 heavy (non-hydrogen) atoms. The zero-order valence-corrected chi connectivity index (χ0v) is 23.0. The number of benzene rings is 1. The molecule has 0 atom stereocenters. The number of hydrogen-bond donors (Lipinski definition) is 4. The van der Waals surface area contributed by atoms with Crippen LogP contribution < -0.4 is 27.7 Å². The fourth-order valence-electron chi connectivity index (χ4n) is 4.80. The van der Waals surface area contributed by atoms with Crippen LogP contribution in [0.2, 0.25) is 0 Å². The first-order valence-corrected chi connectivity index (χ1v) is 13.0. The van der Waals surface area contributed by atoms with Gasteiger partial charge in [-0.15, -0.1) is 0 Å². The summed E-state index contributed by atoms with van der Waals surface area (Å²) >= 11 is 1.88. The van der Waals surface area contributed by atoms with E-state index in [0.717, 1.165) is 0 Å². The average Bonchev–Trinajstić information content (AvgIpc) is 3.38. The number of anilines is 2. The van der Waals surface area contributed by atoms with Gasteiger partial charge in [0.05, 0.1) is 23.5 Å². The second-order valence-corrected chi connectivity index (χ2v) is 10.4. The number of nitrogens with two attached hydrogens (primary N) is 2. The summed E-state index contributed by atoms with van der Waals surface area (Å²) in [5.74, 6) is -0.429. The van der Waals surface area contributed by atoms with Crippen LogP contribution in [-0.4, -0.2) is 67.2 Å². The summed E-state index contributed by atoms with van der Waals surface area (Å²) in [5, 5.41) is 6.00. The summed E-state index contributed by atoms with van der Waals surface area (Å²) in [6.45, 7) is 3.10. The van der Waals surface area contributed by atoms with Gasteiger partial charge >= 0.3 is 0 Å². The van der Waals surface area contributed by atoms with E-state index in [-0.39, 0.29) is 34.4 Å². The Balaban J connectivity index is 1.24. The van der Waals surface area contributed by atoms with Crippen molar-refractivity contribution < 1.29 is 9.59 Å². The molecule has 0 bridgehead atoms. The van der Waals surface area contributed by atoms with Crippen molar-refractivity contribution >= 4 is 52.0 Å². The van der Waals surface area contributed by atoms with Gasteiger partial charge in [0.2, 0.25) is 0 Å². The summed E-state index contributed by atoms with van der Waals surface area (Å²) in [4.78, 5) is 53.6. The smallest absolute Gasteiger partial charge is 0.284 e. The molecule has 0 saturated carbocycles. The largest absolute Gasteiger partial charge is 0.382 e. The van der Waals surface area contributed by atoms with Crippen molar-refractivity contribution in [3.8, 4) is 5.69 Å². The van der Waals surface area contributed by atoms with E-state index in [2.05, 4.69) is 25.6 Å². The molecule has 1 fully saturated rings. The Bertz CT molecular complexity index is 1520. The van der Waals surface area contributed by atoms with Crippen LogP contribution in [-0.2, 0) is 7.05 Å². The fraction of sp³-hybridized carbons (Fsp3) is 0.333. The lowest BCUT2D eigenvalue weighted by Crippen LogP contribution is -2.57. The molecule has 14 heteroatoms. The lowest BCUT2D eigenvalue weighted by atomic mass is 9.88. The molecule has 6 N–H and O–H groups in total. The Hall–Kier alpha value is -3.95. The maximum Gasteiger partial charge on any atom is 0.284 e. The molecule has 4 heterocycles. The molecule has 13 nitrogen and oxygen atoms in total. The van der Waals surface area contributed by atoms with Crippen molar-refractivity contribution in [3.63, 3.8) is 0 Å². The van der Waals surface area contributed by atoms with Crippen LogP contribution >= 0.6 is 22.6 Å². The number of likely N-dealkylation sites (tertiary alicyclic amines) is 1. The van der Waals surface area contributed by atoms with E-state index in [1.165, 1.54) is 4.68 Å². The Morgan fingerprint density at radius 1 is 1.11 bits per heavy atom. The van der Waals surface area contributed by atoms with Gasteiger partial charge in [-0.1, -0.05) is 18.2 Å². The number of guanidine groups is 1. The summed E-state index contributed by atoms with van der Waals surface area (Å²) in [5.41, 5.74) is 12.2. The molecular formula is C24H27IN10O3. The van der Waals surface area contributed by atoms with Gasteiger partial charge in [-0.25, -0.2) is 14.6 Å². The van der Waals surface area contributed by atoms with Crippen molar-refractivity contribution in [2.45, 2.75) is 25.3 Å². The summed E-state index contributed by atoms with van der Waals surface area (Å²) in [6.07, 6.45) is 1.20. The van der Waals surface area contributed by atoms with E-state index in [4.69, 9.17) is 11.5 Å². The number of carbonyl (C=O) groups is 2. The first-order chi connectivity index (χ1) is 18.1. The number of para-hydroxylation sites is 1. The van der Waals surface area contributed by atoms with E-state index in [1.54, 1.807) is 23.6 Å². The van der Waals surface area contributed by atoms with Gasteiger partial charge in [0.25, 0.3) is 17.4 Å². The van der Waals surface area contributed by atoms with E-state index in [9.17, 15) is 14.4 Å². The number of nitrogens with zero attached hydrogens (tertiary/aromatic N) is 6. The monoisotopic (exact) mass is 630 g/mol. The van der Waals surface area contributed by atoms with Crippen LogP contribution in [0.4, 0.5) is 11.6 Å². The number of hydrogen-bond acceptors (Lipinski definition) is 9. The van der Waals surface area contributed by atoms with Crippen LogP contribution in [0.25, 0.3) is 5.69 Å². The molecule has 0 aliphatic carbocycles. The summed E-state index contributed by atoms with van der Waals surface area (Å²) in [6, 6.07) is 9.23. The zero-order valence-electron chi connectivity index (χ0n) is 20.9. The van der Waals surface area contributed by atoms with Crippen molar-refractivity contribution in [1.82, 2.24) is 34.9 Å². The van der Waals surface area contributed by atoms with Crippen molar-refractivity contribution in [2.75, 3.05) is 31.1 Å². The number of nitrogens with one attached hydrogen (secondary N) is 2. The summed E-state index contributed by atoms with van der Waals surface area (Å²) in [7, 11) is 1.77. The number of rotatable bonds is 3. The molecule has 0 unspecified atom stereocenters. The maximum absolute atomic E-state index is 13.5. The Morgan fingerprint density at radius 3 is 2.47 bits per heavy atom. The van der Waals surface area contributed by atoms with Crippen LogP contribution in [0.15, 0.2) is 40.1 Å². The fourth-order valence-corrected chi connectivity index (χ4v) is 5.16. The van der Waals surface area contributed by atoms with Crippen LogP contribution in [0.3, 0.4) is 0 Å². The second-order valence-electron chi connectivity index (χ2n) is 9.39. The molecule has 5 rings (SSSR count). The van der Waals surface area contributed by atoms with Crippen LogP contribution in [0.1, 0.15) is 39.4 Å². The molecule has 2 aromatic heterocycles. The Morgan fingerprint density at radius 2 is 1.79 bits per heavy atom. The first kappa shape index (κ1) is 25.7. The highest BCUT2D eigenvalue weighted by Gasteiger charge is 2.41. The number of nitrogen functional groups attached to an aromatic ring is 2. The average molecular weight is 630 g/mol. The van der Waals surface area contributed by atoms with E-state index in [0.29, 0.717) is 53.5 Å². The minimum atomic E-state index is -0.543. The third-order valence-corrected chi connectivity index (χ3v) is 7.84. The molecule has 0 radical (unpaired) electrons. The minimum absolute atomic E-state index is 0.0335. The molecule has 2 aliphatic rings. The van der Waals surface area contributed by atoms with Gasteiger partial charge in [0, 0.05) is 20.1 Å². The van der Waals surface area contributed by atoms with E-state index >= 15 is 0 Å². The standard InChI is InChI=1S/C24H27IN10O3/c1-13-15(22(38)35(33(13)2)14-6-4-3-5-7-14)21(37)34-10-8-24(9-11-34)12-28-23(32-24)31-20(36)16-18(26)30-19(27)17(25)29-16/h3-7H,8-12H2,1-2H3,(H4,26,27,30)(H2,28,31,32,36). The lowest BCUT2D eigenvalue weighted by Gasteiger charge is -2.39. The molecule has 198 valence electrons. The SMILES string of the molecule is Cc1c(C(=O)N2CCC3(CC2)CN=C(NC(=O)c2nc(I)c(N)nc2N)N3)c(=O)n(-c2ccccc2)n1C. The quantitative estimate of drug-likeness (QED) is 0.301. The minimum Gasteiger partial charge on any atom is -0.382 e. The van der Waals surface area contributed by atoms with E-state index in [1.807, 2.05) is 52.9 Å². The molecule has 3 aromatic rings. The summed E-state index contributed by atoms with van der Waals surface area (Å²) < 4.78 is 3.59. The van der Waals surface area contributed by atoms with Gasteiger partial charge in [0.15, 0.2) is 23.3 Å². The number of carbonyl (C=O) groups excluding carboxylic acids is 2. The van der Waals surface area contributed by atoms with Gasteiger partial charge < -0.3 is 21.7 Å². The predicted molar refractivity (Wildman–Crippen MR) is 150 cm³/mol. The maximum atomic E-state index is 13.5. The number of amides is 2. The normalized spacial score (nSPS) is 16.3. The topological polar surface area (TPSA) is 179 Å². The predicted octanol–water partition coefficient (Wildman–Crippen LogP) is 0.407. The first-order valence-electron chi connectivity index (χ1n) is 12.0. The highest BCUT2D eigenvalue weighted by atomic mass is 127. The number of piperidine rings is 1. The van der Waals surface area contributed by atoms with Crippen LogP contribution in [0, 0.1) is 10.6 Å². The van der Waals surface area contributed by atoms with Crippen molar-refractivity contribution in [2.24, 2.45) is 12.0 Å². The van der Waals surface area contributed by atoms with Crippen LogP contribution in [0.5, 0.6) is 0 Å². The van der Waals surface area contributed by atoms with Gasteiger partial charge in [-0.3, -0.25) is 29.4 Å². The second kappa shape index (κ2) is 9.74. The van der Waals surface area contributed by atoms with Crippen molar-refractivity contribution in [3.05, 3.63) is 61.3 Å². The Kier molecular flexibility index (Phi) is 6.58. The molecule has 2 amide bonds. The van der Waals surface area contributed by atoms with Gasteiger partial charge in [-0.05, 0) is 54.5 Å². The molecule has 1 saturated heterocycles. The van der Waals surface area contributed by atoms with Gasteiger partial charge in [-0.2, -0.15) is 0 Å². The molecule has 1 aromatic carbocycles. The molecule has 1 spiro atoms. The molecule has 2 aliphatic heterocycles. The van der Waals surface area contributed by atoms with Crippen molar-refractivity contribution in [1.29, 1.82) is 0 Å². The van der Waals surface area contributed by atoms with E-state index < -0.39 is 11.4 Å². The zero-order chi connectivity index (χ0) is 27.2. The third kappa shape index (κ3) is 4.48. The van der Waals surface area contributed by atoms with Gasteiger partial charge in [0.1, 0.15) is 9.26 Å². The number of aromatic nitrogens is 4.